The highest BCUT2D eigenvalue weighted by molar-refractivity contribution is 6.08. The predicted molar refractivity (Wildman–Crippen MR) is 79.8 cm³/mol. The Kier molecular flexibility index (Phi) is 3.39. The first-order valence-electron chi connectivity index (χ1n) is 6.70. The van der Waals surface area contributed by atoms with Crippen LogP contribution in [0.3, 0.4) is 0 Å². The first kappa shape index (κ1) is 13.3. The van der Waals surface area contributed by atoms with Gasteiger partial charge in [0, 0.05) is 12.1 Å². The van der Waals surface area contributed by atoms with Gasteiger partial charge < -0.3 is 9.88 Å². The Morgan fingerprint density at radius 1 is 1.24 bits per heavy atom. The second-order valence-electron chi connectivity index (χ2n) is 4.66. The lowest BCUT2D eigenvalue weighted by atomic mass is 10.2. The molecule has 1 N–H and O–H groups in total. The molecule has 0 radical (unpaired) electrons. The van der Waals surface area contributed by atoms with Crippen molar-refractivity contribution in [2.75, 3.05) is 5.32 Å². The third-order valence-electron chi connectivity index (χ3n) is 3.35. The molecule has 1 aromatic heterocycles. The molecule has 0 aliphatic heterocycles. The van der Waals surface area contributed by atoms with Crippen molar-refractivity contribution in [1.29, 1.82) is 0 Å². The monoisotopic (exact) mass is 283 g/mol. The van der Waals surface area contributed by atoms with E-state index in [9.17, 15) is 9.18 Å². The summed E-state index contributed by atoms with van der Waals surface area (Å²) in [5.41, 5.74) is 2.77. The van der Waals surface area contributed by atoms with Crippen LogP contribution < -0.4 is 5.32 Å². The zero-order valence-electron chi connectivity index (χ0n) is 11.5. The van der Waals surface area contributed by atoms with Crippen molar-refractivity contribution in [3.05, 3.63) is 60.2 Å². The van der Waals surface area contributed by atoms with Gasteiger partial charge in [-0.05, 0) is 43.3 Å². The molecule has 1 heterocycles. The summed E-state index contributed by atoms with van der Waals surface area (Å²) in [5, 5.41) is 2.82. The van der Waals surface area contributed by atoms with Crippen LogP contribution in [0.1, 0.15) is 17.3 Å². The fourth-order valence-electron chi connectivity index (χ4n) is 2.24. The SMILES string of the molecule is CCn1cnc2c(NC(=O)c3ccc(F)cc3)cccc21. The summed E-state index contributed by atoms with van der Waals surface area (Å²) in [6.45, 7) is 2.84. The molecule has 21 heavy (non-hydrogen) atoms. The molecule has 0 saturated heterocycles. The first-order valence-corrected chi connectivity index (χ1v) is 6.70. The lowest BCUT2D eigenvalue weighted by Gasteiger charge is -2.06. The van der Waals surface area contributed by atoms with Gasteiger partial charge in [-0.3, -0.25) is 4.79 Å². The predicted octanol–water partition coefficient (Wildman–Crippen LogP) is 3.45. The number of nitrogens with one attached hydrogen (secondary N) is 1. The maximum atomic E-state index is 12.9. The highest BCUT2D eigenvalue weighted by Gasteiger charge is 2.11. The molecule has 1 amide bonds. The second kappa shape index (κ2) is 5.36. The minimum absolute atomic E-state index is 0.284. The first-order chi connectivity index (χ1) is 10.2. The number of benzene rings is 2. The molecule has 2 aromatic carbocycles. The molecule has 0 bridgehead atoms. The van der Waals surface area contributed by atoms with Crippen molar-refractivity contribution in [3.63, 3.8) is 0 Å². The summed E-state index contributed by atoms with van der Waals surface area (Å²) in [6, 6.07) is 11.1. The molecule has 106 valence electrons. The van der Waals surface area contributed by atoms with Gasteiger partial charge >= 0.3 is 0 Å². The second-order valence-corrected chi connectivity index (χ2v) is 4.66. The zero-order valence-corrected chi connectivity index (χ0v) is 11.5. The topological polar surface area (TPSA) is 46.9 Å². The van der Waals surface area contributed by atoms with Crippen LogP contribution in [-0.4, -0.2) is 15.5 Å². The number of halogens is 1. The Morgan fingerprint density at radius 3 is 2.71 bits per heavy atom. The lowest BCUT2D eigenvalue weighted by Crippen LogP contribution is -2.12. The van der Waals surface area contributed by atoms with Crippen molar-refractivity contribution >= 4 is 22.6 Å². The van der Waals surface area contributed by atoms with Gasteiger partial charge in [0.1, 0.15) is 11.3 Å². The third-order valence-corrected chi connectivity index (χ3v) is 3.35. The number of anilines is 1. The maximum absolute atomic E-state index is 12.9. The van der Waals surface area contributed by atoms with Gasteiger partial charge in [0.25, 0.3) is 5.91 Å². The molecule has 0 spiro atoms. The van der Waals surface area contributed by atoms with E-state index in [-0.39, 0.29) is 11.7 Å². The minimum Gasteiger partial charge on any atom is -0.331 e. The Morgan fingerprint density at radius 2 is 2.00 bits per heavy atom. The Bertz CT molecular complexity index is 793. The fraction of sp³-hybridized carbons (Fsp3) is 0.125. The summed E-state index contributed by atoms with van der Waals surface area (Å²) in [5.74, 6) is -0.649. The Hall–Kier alpha value is -2.69. The summed E-state index contributed by atoms with van der Waals surface area (Å²) in [6.07, 6.45) is 1.75. The van der Waals surface area contributed by atoms with E-state index in [1.54, 1.807) is 12.4 Å². The molecule has 0 aliphatic rings. The van der Waals surface area contributed by atoms with E-state index in [0.717, 1.165) is 17.6 Å². The molecule has 0 atom stereocenters. The lowest BCUT2D eigenvalue weighted by molar-refractivity contribution is 0.102. The molecule has 0 unspecified atom stereocenters. The molecule has 0 fully saturated rings. The number of carbonyl (C=O) groups is 1. The van der Waals surface area contributed by atoms with Gasteiger partial charge in [0.05, 0.1) is 17.5 Å². The van der Waals surface area contributed by atoms with Crippen molar-refractivity contribution in [1.82, 2.24) is 9.55 Å². The van der Waals surface area contributed by atoms with Gasteiger partial charge in [0.2, 0.25) is 0 Å². The van der Waals surface area contributed by atoms with E-state index in [1.165, 1.54) is 24.3 Å². The number of nitrogens with zero attached hydrogens (tertiary/aromatic N) is 2. The highest BCUT2D eigenvalue weighted by Crippen LogP contribution is 2.22. The largest absolute Gasteiger partial charge is 0.331 e. The number of amides is 1. The smallest absolute Gasteiger partial charge is 0.255 e. The molecule has 4 nitrogen and oxygen atoms in total. The number of fused-ring (bicyclic) bond motifs is 1. The molecule has 3 rings (SSSR count). The van der Waals surface area contributed by atoms with E-state index < -0.39 is 0 Å². The van der Waals surface area contributed by atoms with Gasteiger partial charge in [0.15, 0.2) is 0 Å². The van der Waals surface area contributed by atoms with Crippen LogP contribution in [0, 0.1) is 5.82 Å². The van der Waals surface area contributed by atoms with Crippen LogP contribution in [0.2, 0.25) is 0 Å². The van der Waals surface area contributed by atoms with E-state index >= 15 is 0 Å². The number of para-hydroxylation sites is 1. The summed E-state index contributed by atoms with van der Waals surface area (Å²) < 4.78 is 14.9. The highest BCUT2D eigenvalue weighted by atomic mass is 19.1. The molecule has 0 aliphatic carbocycles. The van der Waals surface area contributed by atoms with Crippen molar-refractivity contribution in [2.24, 2.45) is 0 Å². The molecule has 5 heteroatoms. The quantitative estimate of drug-likeness (QED) is 0.800. The summed E-state index contributed by atoms with van der Waals surface area (Å²) >= 11 is 0. The molecular weight excluding hydrogens is 269 g/mol. The van der Waals surface area contributed by atoms with Crippen molar-refractivity contribution in [2.45, 2.75) is 13.5 Å². The maximum Gasteiger partial charge on any atom is 0.255 e. The van der Waals surface area contributed by atoms with Gasteiger partial charge in [-0.15, -0.1) is 0 Å². The number of imidazole rings is 1. The van der Waals surface area contributed by atoms with Gasteiger partial charge in [-0.2, -0.15) is 0 Å². The third kappa shape index (κ3) is 2.50. The van der Waals surface area contributed by atoms with Crippen molar-refractivity contribution in [3.8, 4) is 0 Å². The van der Waals surface area contributed by atoms with Gasteiger partial charge in [-0.1, -0.05) is 6.07 Å². The molecule has 3 aromatic rings. The number of aromatic nitrogens is 2. The zero-order chi connectivity index (χ0) is 14.8. The number of rotatable bonds is 3. The van der Waals surface area contributed by atoms with E-state index in [4.69, 9.17) is 0 Å². The fourth-order valence-corrected chi connectivity index (χ4v) is 2.24. The number of hydrogen-bond acceptors (Lipinski definition) is 2. The van der Waals surface area contributed by atoms with Crippen LogP contribution in [-0.2, 0) is 6.54 Å². The molecule has 0 saturated carbocycles. The van der Waals surface area contributed by atoms with Crippen LogP contribution >= 0.6 is 0 Å². The van der Waals surface area contributed by atoms with E-state index in [0.29, 0.717) is 11.3 Å². The standard InChI is InChI=1S/C16H14FN3O/c1-2-20-10-18-15-13(4-3-5-14(15)20)19-16(21)11-6-8-12(17)9-7-11/h3-10H,2H2,1H3,(H,19,21). The van der Waals surface area contributed by atoms with Crippen molar-refractivity contribution < 1.29 is 9.18 Å². The minimum atomic E-state index is -0.365. The average Bonchev–Trinajstić information content (AvgIpc) is 2.92. The number of aryl methyl sites for hydroxylation is 1. The molecular formula is C16H14FN3O. The Labute approximate surface area is 121 Å². The van der Waals surface area contributed by atoms with Crippen LogP contribution in [0.15, 0.2) is 48.8 Å². The Balaban J connectivity index is 1.93. The van der Waals surface area contributed by atoms with E-state index in [1.807, 2.05) is 23.6 Å². The van der Waals surface area contributed by atoms with Crippen LogP contribution in [0.5, 0.6) is 0 Å². The van der Waals surface area contributed by atoms with Crippen LogP contribution in [0.25, 0.3) is 11.0 Å². The van der Waals surface area contributed by atoms with Gasteiger partial charge in [-0.25, -0.2) is 9.37 Å². The van der Waals surface area contributed by atoms with E-state index in [2.05, 4.69) is 10.3 Å². The number of hydrogen-bond donors (Lipinski definition) is 1. The number of carbonyl (C=O) groups excluding carboxylic acids is 1. The average molecular weight is 283 g/mol. The summed E-state index contributed by atoms with van der Waals surface area (Å²) in [7, 11) is 0. The summed E-state index contributed by atoms with van der Waals surface area (Å²) in [4.78, 5) is 16.5. The van der Waals surface area contributed by atoms with Crippen LogP contribution in [0.4, 0.5) is 10.1 Å². The normalized spacial score (nSPS) is 10.8.